The monoisotopic (exact) mass is 486 g/mol. The van der Waals surface area contributed by atoms with E-state index in [0.717, 1.165) is 0 Å². The molecular weight excluding hydrogens is 464 g/mol. The van der Waals surface area contributed by atoms with E-state index < -0.39 is 34.5 Å². The van der Waals surface area contributed by atoms with Gasteiger partial charge in [-0.25, -0.2) is 0 Å². The molecule has 9 heteroatoms. The van der Waals surface area contributed by atoms with Gasteiger partial charge in [0.25, 0.3) is 17.4 Å². The first kappa shape index (κ1) is 24.3. The average Bonchev–Trinajstić information content (AvgIpc) is 3.13. The number of carbonyl (C=O) groups excluding carboxylic acids is 2. The Morgan fingerprint density at radius 2 is 1.50 bits per heavy atom. The summed E-state index contributed by atoms with van der Waals surface area (Å²) in [7, 11) is 0. The van der Waals surface area contributed by atoms with Crippen molar-refractivity contribution >= 4 is 29.1 Å². The molecule has 1 aliphatic heterocycles. The summed E-state index contributed by atoms with van der Waals surface area (Å²) >= 11 is 0. The van der Waals surface area contributed by atoms with Crippen LogP contribution in [0.4, 0.5) is 5.69 Å². The van der Waals surface area contributed by atoms with Gasteiger partial charge >= 0.3 is 5.97 Å². The Hall–Kier alpha value is -4.79. The second kappa shape index (κ2) is 10.2. The average molecular weight is 486 g/mol. The van der Waals surface area contributed by atoms with Crippen LogP contribution in [0.25, 0.3) is 5.76 Å². The lowest BCUT2D eigenvalue weighted by Gasteiger charge is -2.29. The van der Waals surface area contributed by atoms with Crippen LogP contribution >= 0.6 is 0 Å². The van der Waals surface area contributed by atoms with Gasteiger partial charge in [0.15, 0.2) is 0 Å². The lowest BCUT2D eigenvalue weighted by Crippen LogP contribution is -2.34. The number of non-ortho nitro benzene ring substituents is 1. The summed E-state index contributed by atoms with van der Waals surface area (Å²) in [6.45, 7) is -0.117. The fourth-order valence-corrected chi connectivity index (χ4v) is 4.41. The number of amides is 1. The van der Waals surface area contributed by atoms with E-state index in [-0.39, 0.29) is 30.0 Å². The van der Waals surface area contributed by atoms with Crippen molar-refractivity contribution in [2.24, 2.45) is 0 Å². The smallest absolute Gasteiger partial charge is 0.304 e. The predicted octanol–water partition coefficient (Wildman–Crippen LogP) is 4.28. The SMILES string of the molecule is O=C(O)CC(CN1C(=O)C(=O)/C(=C(\O)c2ccccc2)C1c1ccc([N+](=O)[O-])cc1)c1ccccc1. The van der Waals surface area contributed by atoms with E-state index >= 15 is 0 Å². The molecule has 3 aromatic carbocycles. The van der Waals surface area contributed by atoms with Crippen LogP contribution in [-0.4, -0.2) is 44.2 Å². The van der Waals surface area contributed by atoms with Crippen LogP contribution in [0.3, 0.4) is 0 Å². The number of aliphatic carboxylic acids is 1. The summed E-state index contributed by atoms with van der Waals surface area (Å²) in [5, 5.41) is 31.7. The van der Waals surface area contributed by atoms with E-state index in [2.05, 4.69) is 0 Å². The highest BCUT2D eigenvalue weighted by Crippen LogP contribution is 2.41. The Balaban J connectivity index is 1.84. The summed E-state index contributed by atoms with van der Waals surface area (Å²) in [6, 6.07) is 21.3. The van der Waals surface area contributed by atoms with Crippen molar-refractivity contribution in [2.45, 2.75) is 18.4 Å². The Labute approximate surface area is 206 Å². The first-order valence-corrected chi connectivity index (χ1v) is 11.1. The summed E-state index contributed by atoms with van der Waals surface area (Å²) in [6.07, 6.45) is -0.293. The normalized spacial score (nSPS) is 17.7. The quantitative estimate of drug-likeness (QED) is 0.159. The van der Waals surface area contributed by atoms with E-state index in [1.807, 2.05) is 0 Å². The molecule has 2 atom stereocenters. The molecule has 36 heavy (non-hydrogen) atoms. The molecule has 0 radical (unpaired) electrons. The minimum absolute atomic E-state index is 0.117. The first-order chi connectivity index (χ1) is 17.3. The number of carboxylic acid groups (broad SMARTS) is 1. The van der Waals surface area contributed by atoms with Gasteiger partial charge in [-0.15, -0.1) is 0 Å². The molecule has 1 fully saturated rings. The van der Waals surface area contributed by atoms with Gasteiger partial charge in [0.2, 0.25) is 0 Å². The molecule has 1 saturated heterocycles. The molecule has 182 valence electrons. The third kappa shape index (κ3) is 4.85. The number of nitro benzene ring substituents is 1. The Bertz CT molecular complexity index is 1340. The number of aliphatic hydroxyl groups excluding tert-OH is 1. The largest absolute Gasteiger partial charge is 0.507 e. The molecule has 9 nitrogen and oxygen atoms in total. The fraction of sp³-hybridized carbons (Fsp3) is 0.148. The number of Topliss-reactive ketones (excluding diaryl/α,β-unsaturated/α-hetero) is 1. The maximum Gasteiger partial charge on any atom is 0.304 e. The van der Waals surface area contributed by atoms with E-state index in [1.165, 1.54) is 29.2 Å². The van der Waals surface area contributed by atoms with Gasteiger partial charge in [-0.3, -0.25) is 24.5 Å². The maximum atomic E-state index is 13.2. The van der Waals surface area contributed by atoms with Crippen LogP contribution < -0.4 is 0 Å². The van der Waals surface area contributed by atoms with Crippen molar-refractivity contribution < 1.29 is 29.5 Å². The van der Waals surface area contributed by atoms with Crippen LogP contribution in [0.1, 0.15) is 35.1 Å². The number of carbonyl (C=O) groups is 3. The molecule has 0 bridgehead atoms. The third-order valence-corrected chi connectivity index (χ3v) is 6.12. The highest BCUT2D eigenvalue weighted by Gasteiger charge is 2.47. The number of carboxylic acids is 1. The number of hydrogen-bond donors (Lipinski definition) is 2. The summed E-state index contributed by atoms with van der Waals surface area (Å²) in [4.78, 5) is 49.9. The highest BCUT2D eigenvalue weighted by atomic mass is 16.6. The van der Waals surface area contributed by atoms with Crippen LogP contribution in [-0.2, 0) is 14.4 Å². The number of hydrogen-bond acceptors (Lipinski definition) is 6. The molecule has 1 amide bonds. The van der Waals surface area contributed by atoms with Crippen LogP contribution in [0.15, 0.2) is 90.5 Å². The lowest BCUT2D eigenvalue weighted by molar-refractivity contribution is -0.384. The Kier molecular flexibility index (Phi) is 6.91. The predicted molar refractivity (Wildman–Crippen MR) is 130 cm³/mol. The zero-order valence-electron chi connectivity index (χ0n) is 19.0. The molecule has 1 aliphatic rings. The van der Waals surface area contributed by atoms with E-state index in [4.69, 9.17) is 0 Å². The number of benzene rings is 3. The van der Waals surface area contributed by atoms with Crippen molar-refractivity contribution in [1.82, 2.24) is 4.90 Å². The first-order valence-electron chi connectivity index (χ1n) is 11.1. The zero-order chi connectivity index (χ0) is 25.8. The number of likely N-dealkylation sites (tertiary alicyclic amines) is 1. The van der Waals surface area contributed by atoms with Crippen LogP contribution in [0, 0.1) is 10.1 Å². The Morgan fingerprint density at radius 3 is 2.06 bits per heavy atom. The van der Waals surface area contributed by atoms with Gasteiger partial charge in [0.05, 0.1) is 23.0 Å². The summed E-state index contributed by atoms with van der Waals surface area (Å²) in [5.41, 5.74) is 1.04. The third-order valence-electron chi connectivity index (χ3n) is 6.12. The molecule has 3 aromatic rings. The molecule has 0 spiro atoms. The van der Waals surface area contributed by atoms with Crippen LogP contribution in [0.2, 0.25) is 0 Å². The molecule has 4 rings (SSSR count). The van der Waals surface area contributed by atoms with Crippen molar-refractivity contribution in [3.63, 3.8) is 0 Å². The number of nitrogens with zero attached hydrogens (tertiary/aromatic N) is 2. The molecular formula is C27H22N2O7. The number of nitro groups is 1. The van der Waals surface area contributed by atoms with Crippen molar-refractivity contribution in [1.29, 1.82) is 0 Å². The van der Waals surface area contributed by atoms with Gasteiger partial charge in [-0.2, -0.15) is 0 Å². The highest BCUT2D eigenvalue weighted by molar-refractivity contribution is 6.46. The van der Waals surface area contributed by atoms with E-state index in [0.29, 0.717) is 16.7 Å². The second-order valence-corrected chi connectivity index (χ2v) is 8.37. The Morgan fingerprint density at radius 1 is 0.917 bits per heavy atom. The maximum absolute atomic E-state index is 13.2. The fourth-order valence-electron chi connectivity index (χ4n) is 4.41. The van der Waals surface area contributed by atoms with Crippen molar-refractivity contribution in [3.05, 3.63) is 117 Å². The molecule has 1 heterocycles. The number of ketones is 1. The van der Waals surface area contributed by atoms with E-state index in [9.17, 15) is 34.7 Å². The molecule has 0 aromatic heterocycles. The topological polar surface area (TPSA) is 138 Å². The van der Waals surface area contributed by atoms with Gasteiger partial charge in [0, 0.05) is 30.2 Å². The van der Waals surface area contributed by atoms with Crippen molar-refractivity contribution in [3.8, 4) is 0 Å². The minimum atomic E-state index is -1.07. The van der Waals surface area contributed by atoms with E-state index in [1.54, 1.807) is 60.7 Å². The van der Waals surface area contributed by atoms with Crippen molar-refractivity contribution in [2.75, 3.05) is 6.54 Å². The van der Waals surface area contributed by atoms with Crippen LogP contribution in [0.5, 0.6) is 0 Å². The summed E-state index contributed by atoms with van der Waals surface area (Å²) in [5.74, 6) is -3.89. The molecule has 2 unspecified atom stereocenters. The standard InChI is InChI=1S/C27H22N2O7/c30-22(31)15-20(17-7-3-1-4-8-17)16-28-24(18-11-13-21(14-12-18)29(35)36)23(26(33)27(28)34)25(32)19-9-5-2-6-10-19/h1-14,20,24,32H,15-16H2,(H,30,31)/b25-23-. The van der Waals surface area contributed by atoms with Gasteiger partial charge in [-0.05, 0) is 23.3 Å². The second-order valence-electron chi connectivity index (χ2n) is 8.37. The lowest BCUT2D eigenvalue weighted by atomic mass is 9.92. The molecule has 0 saturated carbocycles. The van der Waals surface area contributed by atoms with Gasteiger partial charge < -0.3 is 15.1 Å². The minimum Gasteiger partial charge on any atom is -0.507 e. The molecule has 2 N–H and O–H groups in total. The van der Waals surface area contributed by atoms with Gasteiger partial charge in [-0.1, -0.05) is 60.7 Å². The van der Waals surface area contributed by atoms with Gasteiger partial charge in [0.1, 0.15) is 5.76 Å². The summed E-state index contributed by atoms with van der Waals surface area (Å²) < 4.78 is 0. The molecule has 0 aliphatic carbocycles. The number of rotatable bonds is 8. The zero-order valence-corrected chi connectivity index (χ0v) is 19.0. The number of aliphatic hydroxyl groups is 1.